The van der Waals surface area contributed by atoms with Crippen LogP contribution in [0.1, 0.15) is 32.6 Å². The Morgan fingerprint density at radius 2 is 1.75 bits per heavy atom. The predicted octanol–water partition coefficient (Wildman–Crippen LogP) is -0.487. The van der Waals surface area contributed by atoms with Crippen molar-refractivity contribution >= 4 is 28.9 Å². The van der Waals surface area contributed by atoms with Gasteiger partial charge in [-0.2, -0.15) is 5.10 Å². The molecule has 0 saturated carbocycles. The molecular weight excluding hydrogens is 376 g/mol. The van der Waals surface area contributed by atoms with Crippen LogP contribution in [0.2, 0.25) is 0 Å². The Labute approximate surface area is 157 Å². The summed E-state index contributed by atoms with van der Waals surface area (Å²) in [5.41, 5.74) is 0.0353. The molecule has 0 bridgehead atoms. The van der Waals surface area contributed by atoms with Crippen molar-refractivity contribution in [2.75, 3.05) is 6.61 Å². The lowest BCUT2D eigenvalue weighted by atomic mass is 10.0. The zero-order chi connectivity index (χ0) is 20.4. The Balaban J connectivity index is 2.02. The van der Waals surface area contributed by atoms with Gasteiger partial charge in [0, 0.05) is 20.8 Å². The number of aromatic amines is 2. The van der Waals surface area contributed by atoms with E-state index < -0.39 is 47.9 Å². The number of hydrogen-bond acceptors (Lipinski definition) is 10. The maximum absolute atomic E-state index is 11.9. The molecule has 2 aromatic rings. The van der Waals surface area contributed by atoms with E-state index in [0.717, 1.165) is 0 Å². The van der Waals surface area contributed by atoms with Crippen molar-refractivity contribution in [1.29, 1.82) is 0 Å². The summed E-state index contributed by atoms with van der Waals surface area (Å²) in [6, 6.07) is 0. The van der Waals surface area contributed by atoms with Gasteiger partial charge in [0.25, 0.3) is 5.56 Å². The summed E-state index contributed by atoms with van der Waals surface area (Å²) >= 11 is 0. The van der Waals surface area contributed by atoms with E-state index in [4.69, 9.17) is 18.9 Å². The third-order valence-electron chi connectivity index (χ3n) is 4.02. The summed E-state index contributed by atoms with van der Waals surface area (Å²) in [6.07, 6.45) is -2.84. The largest absolute Gasteiger partial charge is 0.463 e. The molecule has 0 aliphatic carbocycles. The lowest BCUT2D eigenvalue weighted by Gasteiger charge is -2.23. The molecule has 0 amide bonds. The molecule has 2 N–H and O–H groups in total. The molecule has 12 heteroatoms. The zero-order valence-corrected chi connectivity index (χ0v) is 15.3. The Morgan fingerprint density at radius 3 is 2.39 bits per heavy atom. The second-order valence-electron chi connectivity index (χ2n) is 6.11. The number of nitrogens with zero attached hydrogens (tertiary/aromatic N) is 2. The maximum atomic E-state index is 11.9. The standard InChI is InChI=1S/C16H18N4O8/c1-6(21)25-4-9-13(26-7(2)22)15(27-8(3)23)14(28-9)11-10-12(20-19-11)16(24)18-5-17-10/h5,9,13-15H,4H2,1-3H3,(H,19,20)(H,17,18,24)/t9-,13-,14-,15-/m0/s1. The molecule has 4 atom stereocenters. The Morgan fingerprint density at radius 1 is 1.07 bits per heavy atom. The Kier molecular flexibility index (Phi) is 5.40. The zero-order valence-electron chi connectivity index (χ0n) is 15.3. The summed E-state index contributed by atoms with van der Waals surface area (Å²) < 4.78 is 21.5. The van der Waals surface area contributed by atoms with Crippen LogP contribution in [-0.2, 0) is 33.3 Å². The number of carbonyl (C=O) groups is 3. The van der Waals surface area contributed by atoms with E-state index in [-0.39, 0.29) is 23.3 Å². The highest BCUT2D eigenvalue weighted by atomic mass is 16.6. The van der Waals surface area contributed by atoms with Crippen LogP contribution < -0.4 is 5.56 Å². The van der Waals surface area contributed by atoms with E-state index in [1.807, 2.05) is 0 Å². The molecule has 1 aliphatic heterocycles. The van der Waals surface area contributed by atoms with Gasteiger partial charge in [0.2, 0.25) is 0 Å². The summed E-state index contributed by atoms with van der Waals surface area (Å²) in [7, 11) is 0. The molecule has 3 rings (SSSR count). The van der Waals surface area contributed by atoms with Crippen molar-refractivity contribution < 1.29 is 33.3 Å². The Bertz CT molecular complexity index is 967. The second-order valence-corrected chi connectivity index (χ2v) is 6.11. The van der Waals surface area contributed by atoms with E-state index >= 15 is 0 Å². The normalized spacial score (nSPS) is 24.1. The van der Waals surface area contributed by atoms with Gasteiger partial charge in [-0.05, 0) is 0 Å². The minimum atomic E-state index is -1.08. The van der Waals surface area contributed by atoms with Crippen LogP contribution >= 0.6 is 0 Å². The lowest BCUT2D eigenvalue weighted by Crippen LogP contribution is -2.40. The Hall–Kier alpha value is -3.28. The summed E-state index contributed by atoms with van der Waals surface area (Å²) in [5.74, 6) is -1.83. The first kappa shape index (κ1) is 19.5. The first-order chi connectivity index (χ1) is 13.3. The number of esters is 3. The molecule has 1 fully saturated rings. The summed E-state index contributed by atoms with van der Waals surface area (Å²) in [5, 5.41) is 6.58. The molecule has 0 spiro atoms. The van der Waals surface area contributed by atoms with Crippen molar-refractivity contribution in [2.45, 2.75) is 45.2 Å². The minimum Gasteiger partial charge on any atom is -0.463 e. The van der Waals surface area contributed by atoms with Crippen LogP contribution in [0.15, 0.2) is 11.1 Å². The quantitative estimate of drug-likeness (QED) is 0.500. The van der Waals surface area contributed by atoms with Crippen LogP contribution in [0.5, 0.6) is 0 Å². The number of fused-ring (bicyclic) bond motifs is 1. The highest BCUT2D eigenvalue weighted by Crippen LogP contribution is 2.38. The molecule has 0 radical (unpaired) electrons. The van der Waals surface area contributed by atoms with Crippen molar-refractivity contribution in [3.05, 3.63) is 22.4 Å². The van der Waals surface area contributed by atoms with Crippen LogP contribution in [0.4, 0.5) is 0 Å². The van der Waals surface area contributed by atoms with E-state index in [1.54, 1.807) is 0 Å². The fraction of sp³-hybridized carbons (Fsp3) is 0.500. The average Bonchev–Trinajstić information content (AvgIpc) is 3.16. The monoisotopic (exact) mass is 394 g/mol. The first-order valence-electron chi connectivity index (χ1n) is 8.32. The summed E-state index contributed by atoms with van der Waals surface area (Å²) in [4.78, 5) is 52.7. The molecule has 12 nitrogen and oxygen atoms in total. The third-order valence-corrected chi connectivity index (χ3v) is 4.02. The number of aromatic nitrogens is 4. The molecule has 1 saturated heterocycles. The van der Waals surface area contributed by atoms with Gasteiger partial charge in [-0.1, -0.05) is 0 Å². The molecule has 28 heavy (non-hydrogen) atoms. The number of nitrogens with one attached hydrogen (secondary N) is 2. The van der Waals surface area contributed by atoms with Gasteiger partial charge in [-0.15, -0.1) is 0 Å². The molecule has 0 aromatic carbocycles. The number of carbonyl (C=O) groups excluding carboxylic acids is 3. The minimum absolute atomic E-state index is 0.0372. The topological polar surface area (TPSA) is 163 Å². The van der Waals surface area contributed by atoms with Crippen molar-refractivity contribution in [3.63, 3.8) is 0 Å². The van der Waals surface area contributed by atoms with Gasteiger partial charge in [0.15, 0.2) is 17.7 Å². The van der Waals surface area contributed by atoms with Crippen molar-refractivity contribution in [2.24, 2.45) is 0 Å². The van der Waals surface area contributed by atoms with E-state index in [0.29, 0.717) is 0 Å². The third kappa shape index (κ3) is 3.86. The van der Waals surface area contributed by atoms with Crippen molar-refractivity contribution in [1.82, 2.24) is 20.2 Å². The maximum Gasteiger partial charge on any atom is 0.303 e. The number of H-pyrrole nitrogens is 2. The predicted molar refractivity (Wildman–Crippen MR) is 89.9 cm³/mol. The number of hydrogen-bond donors (Lipinski definition) is 2. The van der Waals surface area contributed by atoms with Gasteiger partial charge in [-0.3, -0.25) is 24.3 Å². The van der Waals surface area contributed by atoms with E-state index in [2.05, 4.69) is 20.2 Å². The van der Waals surface area contributed by atoms with Crippen LogP contribution in [0, 0.1) is 0 Å². The van der Waals surface area contributed by atoms with E-state index in [9.17, 15) is 19.2 Å². The highest BCUT2D eigenvalue weighted by molar-refractivity contribution is 5.76. The van der Waals surface area contributed by atoms with Gasteiger partial charge >= 0.3 is 17.9 Å². The molecule has 2 aromatic heterocycles. The smallest absolute Gasteiger partial charge is 0.303 e. The summed E-state index contributed by atoms with van der Waals surface area (Å²) in [6.45, 7) is 3.36. The van der Waals surface area contributed by atoms with Crippen LogP contribution in [-0.4, -0.2) is 63.0 Å². The van der Waals surface area contributed by atoms with Gasteiger partial charge in [-0.25, -0.2) is 4.98 Å². The fourth-order valence-electron chi connectivity index (χ4n) is 3.01. The molecular formula is C16H18N4O8. The SMILES string of the molecule is CC(=O)OC[C@@H]1O[C@@H](c2[nH]nc3c(=O)[nH]cnc23)[C@@H](OC(C)=O)[C@H]1OC(C)=O. The van der Waals surface area contributed by atoms with Crippen LogP contribution in [0.3, 0.4) is 0 Å². The fourth-order valence-corrected chi connectivity index (χ4v) is 3.01. The lowest BCUT2D eigenvalue weighted by molar-refractivity contribution is -0.165. The molecule has 150 valence electrons. The van der Waals surface area contributed by atoms with Crippen molar-refractivity contribution in [3.8, 4) is 0 Å². The van der Waals surface area contributed by atoms with E-state index in [1.165, 1.54) is 27.1 Å². The number of rotatable bonds is 5. The van der Waals surface area contributed by atoms with Gasteiger partial charge in [0.05, 0.1) is 12.0 Å². The van der Waals surface area contributed by atoms with Gasteiger partial charge in [0.1, 0.15) is 24.3 Å². The molecule has 3 heterocycles. The highest BCUT2D eigenvalue weighted by Gasteiger charge is 2.51. The average molecular weight is 394 g/mol. The number of ether oxygens (including phenoxy) is 4. The molecule has 1 aliphatic rings. The first-order valence-corrected chi connectivity index (χ1v) is 8.32. The molecule has 0 unspecified atom stereocenters. The van der Waals surface area contributed by atoms with Gasteiger partial charge < -0.3 is 23.9 Å². The second kappa shape index (κ2) is 7.76. The van der Waals surface area contributed by atoms with Crippen LogP contribution in [0.25, 0.3) is 11.0 Å².